The minimum Gasteiger partial charge on any atom is -0.491 e. The molecule has 0 N–H and O–H groups in total. The molecular weight excluding hydrogens is 316 g/mol. The van der Waals surface area contributed by atoms with Crippen LogP contribution in [0, 0.1) is 12.3 Å². The summed E-state index contributed by atoms with van der Waals surface area (Å²) in [6.07, 6.45) is 6.94. The minimum absolute atomic E-state index is 0.0150. The van der Waals surface area contributed by atoms with E-state index in [2.05, 4.69) is 26.1 Å². The molecule has 0 spiro atoms. The fourth-order valence-electron chi connectivity index (χ4n) is 3.92. The maximum atomic E-state index is 6.12. The average molecular weight is 340 g/mol. The molecule has 2 aromatic rings. The van der Waals surface area contributed by atoms with Gasteiger partial charge in [0.05, 0.1) is 24.6 Å². The van der Waals surface area contributed by atoms with Crippen molar-refractivity contribution in [2.24, 2.45) is 5.41 Å². The van der Waals surface area contributed by atoms with Gasteiger partial charge in [0.2, 0.25) is 0 Å². The molecule has 2 aliphatic heterocycles. The van der Waals surface area contributed by atoms with Crippen LogP contribution in [0.4, 0.5) is 5.82 Å². The highest BCUT2D eigenvalue weighted by atomic mass is 16.5. The van der Waals surface area contributed by atoms with Crippen LogP contribution >= 0.6 is 0 Å². The summed E-state index contributed by atoms with van der Waals surface area (Å²) >= 11 is 0. The van der Waals surface area contributed by atoms with Gasteiger partial charge >= 0.3 is 0 Å². The van der Waals surface area contributed by atoms with Gasteiger partial charge in [-0.05, 0) is 50.5 Å². The van der Waals surface area contributed by atoms with Gasteiger partial charge in [0, 0.05) is 31.3 Å². The first kappa shape index (κ1) is 16.3. The predicted octanol–water partition coefficient (Wildman–Crippen LogP) is 2.63. The molecule has 132 valence electrons. The number of hydrogen-bond acceptors (Lipinski definition) is 6. The highest BCUT2D eigenvalue weighted by molar-refractivity contribution is 5.39. The van der Waals surface area contributed by atoms with Crippen molar-refractivity contribution in [2.75, 3.05) is 31.2 Å². The van der Waals surface area contributed by atoms with Crippen LogP contribution in [-0.4, -0.2) is 47.6 Å². The lowest BCUT2D eigenvalue weighted by atomic mass is 9.73. The summed E-state index contributed by atoms with van der Waals surface area (Å²) < 4.78 is 12.2. The molecule has 2 aliphatic rings. The highest BCUT2D eigenvalue weighted by Crippen LogP contribution is 2.41. The van der Waals surface area contributed by atoms with Crippen molar-refractivity contribution in [3.63, 3.8) is 0 Å². The standard InChI is InChI=1S/C19H24N4O2/c1-15-5-6-18(22-21-15)23-10-7-17-19(13-23,8-3-11-24-17)14-25-16-4-2-9-20-12-16/h2,4-6,9,12,17H,3,7-8,10-11,13-14H2,1H3/t17-,19+/m0/s1. The van der Waals surface area contributed by atoms with E-state index in [9.17, 15) is 0 Å². The zero-order valence-electron chi connectivity index (χ0n) is 14.6. The van der Waals surface area contributed by atoms with Gasteiger partial charge in [-0.3, -0.25) is 4.98 Å². The van der Waals surface area contributed by atoms with Gasteiger partial charge < -0.3 is 14.4 Å². The number of nitrogens with zero attached hydrogens (tertiary/aromatic N) is 4. The van der Waals surface area contributed by atoms with Crippen LogP contribution in [0.3, 0.4) is 0 Å². The van der Waals surface area contributed by atoms with Gasteiger partial charge in [-0.15, -0.1) is 5.10 Å². The summed E-state index contributed by atoms with van der Waals surface area (Å²) in [7, 11) is 0. The second-order valence-corrected chi connectivity index (χ2v) is 7.05. The van der Waals surface area contributed by atoms with E-state index in [0.717, 1.165) is 56.2 Å². The Morgan fingerprint density at radius 3 is 3.08 bits per heavy atom. The molecule has 0 unspecified atom stereocenters. The Bertz CT molecular complexity index is 694. The van der Waals surface area contributed by atoms with Crippen molar-refractivity contribution < 1.29 is 9.47 Å². The molecule has 0 radical (unpaired) electrons. The van der Waals surface area contributed by atoms with E-state index in [0.29, 0.717) is 6.61 Å². The molecule has 2 fully saturated rings. The monoisotopic (exact) mass is 340 g/mol. The fourth-order valence-corrected chi connectivity index (χ4v) is 3.92. The first-order chi connectivity index (χ1) is 12.3. The molecule has 0 amide bonds. The number of aromatic nitrogens is 3. The van der Waals surface area contributed by atoms with Crippen molar-refractivity contribution in [2.45, 2.75) is 32.3 Å². The van der Waals surface area contributed by atoms with E-state index in [1.165, 1.54) is 0 Å². The van der Waals surface area contributed by atoms with E-state index in [4.69, 9.17) is 9.47 Å². The van der Waals surface area contributed by atoms with E-state index in [-0.39, 0.29) is 11.5 Å². The SMILES string of the molecule is Cc1ccc(N2CC[C@@H]3OCCC[C@]3(COc3cccnc3)C2)nn1. The third kappa shape index (κ3) is 3.44. The van der Waals surface area contributed by atoms with Gasteiger partial charge in [-0.2, -0.15) is 5.10 Å². The van der Waals surface area contributed by atoms with Crippen LogP contribution in [0.5, 0.6) is 5.75 Å². The number of hydrogen-bond donors (Lipinski definition) is 0. The highest BCUT2D eigenvalue weighted by Gasteiger charge is 2.47. The van der Waals surface area contributed by atoms with Crippen molar-refractivity contribution in [1.82, 2.24) is 15.2 Å². The second kappa shape index (κ2) is 6.96. The van der Waals surface area contributed by atoms with Crippen molar-refractivity contribution >= 4 is 5.82 Å². The van der Waals surface area contributed by atoms with E-state index < -0.39 is 0 Å². The molecule has 2 saturated heterocycles. The number of ether oxygens (including phenoxy) is 2. The second-order valence-electron chi connectivity index (χ2n) is 7.05. The van der Waals surface area contributed by atoms with E-state index in [1.54, 1.807) is 12.4 Å². The van der Waals surface area contributed by atoms with Crippen molar-refractivity contribution in [1.29, 1.82) is 0 Å². The molecule has 0 bridgehead atoms. The Morgan fingerprint density at radius 2 is 2.28 bits per heavy atom. The van der Waals surface area contributed by atoms with Crippen LogP contribution in [0.2, 0.25) is 0 Å². The molecule has 4 rings (SSSR count). The van der Waals surface area contributed by atoms with Gasteiger partial charge in [0.15, 0.2) is 5.82 Å². The molecule has 4 heterocycles. The summed E-state index contributed by atoms with van der Waals surface area (Å²) in [6, 6.07) is 7.93. The average Bonchev–Trinajstić information content (AvgIpc) is 2.67. The smallest absolute Gasteiger partial charge is 0.151 e. The zero-order chi connectivity index (χ0) is 17.1. The summed E-state index contributed by atoms with van der Waals surface area (Å²) in [4.78, 5) is 6.46. The first-order valence-corrected chi connectivity index (χ1v) is 8.95. The summed E-state index contributed by atoms with van der Waals surface area (Å²) in [5, 5.41) is 8.59. The number of fused-ring (bicyclic) bond motifs is 1. The van der Waals surface area contributed by atoms with Gasteiger partial charge in [0.1, 0.15) is 5.75 Å². The molecular formula is C19H24N4O2. The summed E-state index contributed by atoms with van der Waals surface area (Å²) in [5.41, 5.74) is 0.924. The molecule has 2 aromatic heterocycles. The fraction of sp³-hybridized carbons (Fsp3) is 0.526. The molecule has 25 heavy (non-hydrogen) atoms. The maximum Gasteiger partial charge on any atom is 0.151 e. The Morgan fingerprint density at radius 1 is 1.32 bits per heavy atom. The minimum atomic E-state index is -0.0150. The molecule has 0 aliphatic carbocycles. The lowest BCUT2D eigenvalue weighted by Crippen LogP contribution is -2.57. The quantitative estimate of drug-likeness (QED) is 0.853. The number of piperidine rings is 1. The third-order valence-corrected chi connectivity index (χ3v) is 5.26. The zero-order valence-corrected chi connectivity index (χ0v) is 14.6. The topological polar surface area (TPSA) is 60.4 Å². The number of anilines is 1. The van der Waals surface area contributed by atoms with Crippen LogP contribution in [-0.2, 0) is 4.74 Å². The number of rotatable bonds is 4. The first-order valence-electron chi connectivity index (χ1n) is 8.95. The molecule has 2 atom stereocenters. The lowest BCUT2D eigenvalue weighted by Gasteiger charge is -2.50. The van der Waals surface area contributed by atoms with E-state index >= 15 is 0 Å². The molecule has 0 aromatic carbocycles. The van der Waals surface area contributed by atoms with Crippen molar-refractivity contribution in [3.8, 4) is 5.75 Å². The number of pyridine rings is 1. The van der Waals surface area contributed by atoms with Crippen LogP contribution < -0.4 is 9.64 Å². The van der Waals surface area contributed by atoms with Gasteiger partial charge in [-0.1, -0.05) is 0 Å². The molecule has 6 nitrogen and oxygen atoms in total. The predicted molar refractivity (Wildman–Crippen MR) is 94.7 cm³/mol. The maximum absolute atomic E-state index is 6.12. The largest absolute Gasteiger partial charge is 0.491 e. The molecule has 6 heteroatoms. The van der Waals surface area contributed by atoms with Crippen LogP contribution in [0.1, 0.15) is 25.0 Å². The van der Waals surface area contributed by atoms with Crippen LogP contribution in [0.15, 0.2) is 36.7 Å². The van der Waals surface area contributed by atoms with Crippen LogP contribution in [0.25, 0.3) is 0 Å². The van der Waals surface area contributed by atoms with Gasteiger partial charge in [0.25, 0.3) is 0 Å². The number of aryl methyl sites for hydroxylation is 1. The Labute approximate surface area is 148 Å². The summed E-state index contributed by atoms with van der Waals surface area (Å²) in [6.45, 7) is 5.27. The molecule has 0 saturated carbocycles. The summed E-state index contributed by atoms with van der Waals surface area (Å²) in [5.74, 6) is 1.75. The Balaban J connectivity index is 1.53. The lowest BCUT2D eigenvalue weighted by molar-refractivity contribution is -0.109. The normalized spacial score (nSPS) is 26.1. The van der Waals surface area contributed by atoms with E-state index in [1.807, 2.05) is 25.1 Å². The Hall–Kier alpha value is -2.21. The Kier molecular flexibility index (Phi) is 4.53. The van der Waals surface area contributed by atoms with Crippen molar-refractivity contribution in [3.05, 3.63) is 42.4 Å². The van der Waals surface area contributed by atoms with Gasteiger partial charge in [-0.25, -0.2) is 0 Å². The third-order valence-electron chi connectivity index (χ3n) is 5.26.